The molecule has 2 aromatic carbocycles. The standard InChI is InChI=1S/C22H21N7O4/c1-13-18(25-27-28(13)16-6-5-7-17(12-16)29(31)32)20(30)23-15-10-8-14(9-11-15)19-24-21(33-26-19)22(2,3)4/h5-12H,1-4H3,(H,23,30). The Balaban J connectivity index is 1.51. The highest BCUT2D eigenvalue weighted by Gasteiger charge is 2.22. The predicted molar refractivity (Wildman–Crippen MR) is 119 cm³/mol. The number of nitrogens with zero attached hydrogens (tertiary/aromatic N) is 6. The lowest BCUT2D eigenvalue weighted by atomic mass is 9.97. The first-order valence-corrected chi connectivity index (χ1v) is 10.1. The number of anilines is 1. The third-order valence-electron chi connectivity index (χ3n) is 4.86. The number of nitro benzene ring substituents is 1. The Bertz CT molecular complexity index is 1330. The summed E-state index contributed by atoms with van der Waals surface area (Å²) in [5, 5.41) is 25.8. The van der Waals surface area contributed by atoms with Crippen LogP contribution in [0.4, 0.5) is 11.4 Å². The van der Waals surface area contributed by atoms with Crippen LogP contribution in [0.5, 0.6) is 0 Å². The Hall–Kier alpha value is -4.41. The van der Waals surface area contributed by atoms with Crippen LogP contribution in [-0.4, -0.2) is 36.0 Å². The van der Waals surface area contributed by atoms with Gasteiger partial charge in [0.05, 0.1) is 16.3 Å². The molecule has 4 aromatic rings. The van der Waals surface area contributed by atoms with Crippen molar-refractivity contribution in [3.8, 4) is 17.1 Å². The van der Waals surface area contributed by atoms with Crippen molar-refractivity contribution in [2.75, 3.05) is 5.32 Å². The van der Waals surface area contributed by atoms with Crippen molar-refractivity contribution in [1.82, 2.24) is 25.1 Å². The second-order valence-electron chi connectivity index (χ2n) is 8.42. The summed E-state index contributed by atoms with van der Waals surface area (Å²) in [6.45, 7) is 7.63. The maximum absolute atomic E-state index is 12.7. The largest absolute Gasteiger partial charge is 0.338 e. The Kier molecular flexibility index (Phi) is 5.46. The van der Waals surface area contributed by atoms with Crippen LogP contribution in [-0.2, 0) is 5.41 Å². The van der Waals surface area contributed by atoms with E-state index < -0.39 is 10.8 Å². The minimum absolute atomic E-state index is 0.0790. The van der Waals surface area contributed by atoms with Crippen molar-refractivity contribution < 1.29 is 14.2 Å². The van der Waals surface area contributed by atoms with E-state index in [0.29, 0.717) is 28.8 Å². The molecule has 0 spiro atoms. The van der Waals surface area contributed by atoms with Gasteiger partial charge >= 0.3 is 0 Å². The van der Waals surface area contributed by atoms with Crippen molar-refractivity contribution in [2.24, 2.45) is 0 Å². The second-order valence-corrected chi connectivity index (χ2v) is 8.42. The first-order chi connectivity index (χ1) is 15.6. The van der Waals surface area contributed by atoms with Crippen molar-refractivity contribution in [2.45, 2.75) is 33.1 Å². The summed E-state index contributed by atoms with van der Waals surface area (Å²) in [5.74, 6) is 0.553. The van der Waals surface area contributed by atoms with Crippen molar-refractivity contribution in [3.05, 3.63) is 75.9 Å². The zero-order valence-corrected chi connectivity index (χ0v) is 18.4. The third-order valence-corrected chi connectivity index (χ3v) is 4.86. The van der Waals surface area contributed by atoms with E-state index in [1.807, 2.05) is 20.8 Å². The molecule has 2 heterocycles. The van der Waals surface area contributed by atoms with E-state index in [-0.39, 0.29) is 16.8 Å². The fourth-order valence-corrected chi connectivity index (χ4v) is 3.06. The van der Waals surface area contributed by atoms with Crippen LogP contribution >= 0.6 is 0 Å². The Morgan fingerprint density at radius 2 is 1.88 bits per heavy atom. The number of rotatable bonds is 5. The molecule has 0 aliphatic carbocycles. The highest BCUT2D eigenvalue weighted by molar-refractivity contribution is 6.03. The van der Waals surface area contributed by atoms with Crippen LogP contribution in [0.2, 0.25) is 0 Å². The number of amides is 1. The molecule has 0 radical (unpaired) electrons. The van der Waals surface area contributed by atoms with Crippen LogP contribution in [0.25, 0.3) is 17.1 Å². The average Bonchev–Trinajstić information content (AvgIpc) is 3.41. The Morgan fingerprint density at radius 1 is 1.15 bits per heavy atom. The molecule has 168 valence electrons. The zero-order valence-electron chi connectivity index (χ0n) is 18.4. The lowest BCUT2D eigenvalue weighted by Crippen LogP contribution is -2.14. The third kappa shape index (κ3) is 4.47. The molecule has 1 amide bonds. The van der Waals surface area contributed by atoms with E-state index in [9.17, 15) is 14.9 Å². The molecule has 0 fully saturated rings. The van der Waals surface area contributed by atoms with Gasteiger partial charge < -0.3 is 9.84 Å². The van der Waals surface area contributed by atoms with Gasteiger partial charge in [-0.3, -0.25) is 14.9 Å². The number of hydrogen-bond donors (Lipinski definition) is 1. The summed E-state index contributed by atoms with van der Waals surface area (Å²) in [4.78, 5) is 27.7. The van der Waals surface area contributed by atoms with Gasteiger partial charge in [-0.25, -0.2) is 4.68 Å². The van der Waals surface area contributed by atoms with Gasteiger partial charge in [-0.2, -0.15) is 4.98 Å². The van der Waals surface area contributed by atoms with Gasteiger partial charge in [-0.1, -0.05) is 37.2 Å². The molecule has 0 aliphatic rings. The molecule has 0 bridgehead atoms. The molecule has 0 saturated carbocycles. The van der Waals surface area contributed by atoms with E-state index in [1.54, 1.807) is 43.3 Å². The maximum Gasteiger partial charge on any atom is 0.278 e. The molecular weight excluding hydrogens is 426 g/mol. The highest BCUT2D eigenvalue weighted by atomic mass is 16.6. The number of carbonyl (C=O) groups is 1. The minimum Gasteiger partial charge on any atom is -0.338 e. The van der Waals surface area contributed by atoms with Gasteiger partial charge in [-0.15, -0.1) is 5.10 Å². The summed E-state index contributed by atoms with van der Waals surface area (Å²) in [5.41, 5.74) is 1.97. The topological polar surface area (TPSA) is 142 Å². The van der Waals surface area contributed by atoms with Crippen molar-refractivity contribution >= 4 is 17.3 Å². The van der Waals surface area contributed by atoms with E-state index >= 15 is 0 Å². The van der Waals surface area contributed by atoms with Crippen LogP contribution in [0.1, 0.15) is 42.8 Å². The molecule has 33 heavy (non-hydrogen) atoms. The first kappa shape index (κ1) is 21.8. The molecule has 0 atom stereocenters. The monoisotopic (exact) mass is 447 g/mol. The van der Waals surface area contributed by atoms with E-state index in [4.69, 9.17) is 4.52 Å². The number of nitro groups is 1. The van der Waals surface area contributed by atoms with Gasteiger partial charge in [-0.05, 0) is 37.3 Å². The summed E-state index contributed by atoms with van der Waals surface area (Å²) in [6, 6.07) is 12.9. The highest BCUT2D eigenvalue weighted by Crippen LogP contribution is 2.25. The predicted octanol–water partition coefficient (Wildman–Crippen LogP) is 4.08. The second kappa shape index (κ2) is 8.26. The van der Waals surface area contributed by atoms with Crippen molar-refractivity contribution in [3.63, 3.8) is 0 Å². The summed E-state index contributed by atoms with van der Waals surface area (Å²) in [7, 11) is 0. The summed E-state index contributed by atoms with van der Waals surface area (Å²) in [6.07, 6.45) is 0. The molecule has 0 unspecified atom stereocenters. The number of aromatic nitrogens is 5. The lowest BCUT2D eigenvalue weighted by molar-refractivity contribution is -0.384. The van der Waals surface area contributed by atoms with E-state index in [0.717, 1.165) is 5.56 Å². The summed E-state index contributed by atoms with van der Waals surface area (Å²) < 4.78 is 6.71. The van der Waals surface area contributed by atoms with E-state index in [1.165, 1.54) is 16.8 Å². The van der Waals surface area contributed by atoms with Gasteiger partial charge in [0.15, 0.2) is 5.69 Å². The van der Waals surface area contributed by atoms with Crippen LogP contribution in [0.15, 0.2) is 53.1 Å². The summed E-state index contributed by atoms with van der Waals surface area (Å²) >= 11 is 0. The molecular formula is C22H21N7O4. The smallest absolute Gasteiger partial charge is 0.278 e. The van der Waals surface area contributed by atoms with Gasteiger partial charge in [0, 0.05) is 28.8 Å². The Morgan fingerprint density at radius 3 is 2.52 bits per heavy atom. The lowest BCUT2D eigenvalue weighted by Gasteiger charge is -2.10. The number of carbonyl (C=O) groups excluding carboxylic acids is 1. The Labute approximate surface area is 188 Å². The average molecular weight is 447 g/mol. The SMILES string of the molecule is Cc1c(C(=O)Nc2ccc(-c3noc(C(C)(C)C)n3)cc2)nnn1-c1cccc([N+](=O)[O-])c1. The maximum atomic E-state index is 12.7. The number of non-ortho nitro benzene ring substituents is 1. The molecule has 1 N–H and O–H groups in total. The van der Waals surface area contributed by atoms with Crippen LogP contribution in [0, 0.1) is 17.0 Å². The number of nitrogens with one attached hydrogen (secondary N) is 1. The molecule has 0 saturated heterocycles. The first-order valence-electron chi connectivity index (χ1n) is 10.1. The minimum atomic E-state index is -0.494. The van der Waals surface area contributed by atoms with Gasteiger partial charge in [0.25, 0.3) is 11.6 Å². The fourth-order valence-electron chi connectivity index (χ4n) is 3.06. The van der Waals surface area contributed by atoms with Gasteiger partial charge in [0.1, 0.15) is 0 Å². The molecule has 4 rings (SSSR count). The van der Waals surface area contributed by atoms with E-state index in [2.05, 4.69) is 25.8 Å². The molecule has 0 aliphatic heterocycles. The van der Waals surface area contributed by atoms with Crippen LogP contribution < -0.4 is 5.32 Å². The fraction of sp³-hybridized carbons (Fsp3) is 0.227. The molecule has 2 aromatic heterocycles. The van der Waals surface area contributed by atoms with Gasteiger partial charge in [0.2, 0.25) is 11.7 Å². The normalized spacial score (nSPS) is 11.4. The van der Waals surface area contributed by atoms with Crippen LogP contribution in [0.3, 0.4) is 0 Å². The molecule has 11 heteroatoms. The zero-order chi connectivity index (χ0) is 23.8. The number of hydrogen-bond acceptors (Lipinski definition) is 8. The molecule has 11 nitrogen and oxygen atoms in total. The van der Waals surface area contributed by atoms with Crippen molar-refractivity contribution in [1.29, 1.82) is 0 Å². The number of benzene rings is 2. The quantitative estimate of drug-likeness (QED) is 0.356.